The Labute approximate surface area is 125 Å². The molecule has 1 saturated carbocycles. The lowest BCUT2D eigenvalue weighted by Crippen LogP contribution is -2.40. The summed E-state index contributed by atoms with van der Waals surface area (Å²) in [5.74, 6) is 1.49. The number of fused-ring (bicyclic) bond motifs is 1. The maximum absolute atomic E-state index is 10.7. The SMILES string of the molecule is Cc1nnc(NCC2(O)CCC(C)CC2)c2ccccc12. The largest absolute Gasteiger partial charge is 0.388 e. The standard InChI is InChI=1S/C17H23N3O/c1-12-7-9-17(21,10-8-12)11-18-16-15-6-4-3-5-14(15)13(2)19-20-16/h3-6,12,21H,7-11H2,1-2H3,(H,18,20). The summed E-state index contributed by atoms with van der Waals surface area (Å²) in [7, 11) is 0. The fraction of sp³-hybridized carbons (Fsp3) is 0.529. The lowest BCUT2D eigenvalue weighted by Gasteiger charge is -2.35. The Hall–Kier alpha value is -1.68. The first-order valence-electron chi connectivity index (χ1n) is 7.76. The van der Waals surface area contributed by atoms with Crippen LogP contribution in [-0.2, 0) is 0 Å². The van der Waals surface area contributed by atoms with E-state index in [0.29, 0.717) is 6.54 Å². The van der Waals surface area contributed by atoms with E-state index in [1.165, 1.54) is 0 Å². The van der Waals surface area contributed by atoms with Gasteiger partial charge < -0.3 is 10.4 Å². The normalized spacial score (nSPS) is 26.0. The highest BCUT2D eigenvalue weighted by atomic mass is 16.3. The van der Waals surface area contributed by atoms with Gasteiger partial charge in [-0.05, 0) is 38.5 Å². The minimum absolute atomic E-state index is 0.543. The number of rotatable bonds is 3. The fourth-order valence-corrected chi connectivity index (χ4v) is 3.09. The predicted molar refractivity (Wildman–Crippen MR) is 85.3 cm³/mol. The smallest absolute Gasteiger partial charge is 0.156 e. The van der Waals surface area contributed by atoms with Crippen molar-refractivity contribution in [3.05, 3.63) is 30.0 Å². The molecule has 4 nitrogen and oxygen atoms in total. The molecule has 1 aliphatic carbocycles. The third-order valence-electron chi connectivity index (χ3n) is 4.66. The zero-order chi connectivity index (χ0) is 14.9. The second-order valence-electron chi connectivity index (χ2n) is 6.44. The van der Waals surface area contributed by atoms with Crippen molar-refractivity contribution in [3.8, 4) is 0 Å². The van der Waals surface area contributed by atoms with E-state index >= 15 is 0 Å². The average Bonchev–Trinajstić information content (AvgIpc) is 2.50. The van der Waals surface area contributed by atoms with Gasteiger partial charge in [-0.25, -0.2) is 0 Å². The Morgan fingerprint density at radius 3 is 2.57 bits per heavy atom. The van der Waals surface area contributed by atoms with Crippen molar-refractivity contribution in [1.29, 1.82) is 0 Å². The third-order valence-corrected chi connectivity index (χ3v) is 4.66. The van der Waals surface area contributed by atoms with E-state index in [9.17, 15) is 5.11 Å². The summed E-state index contributed by atoms with van der Waals surface area (Å²) in [6.07, 6.45) is 3.91. The molecule has 1 aromatic heterocycles. The van der Waals surface area contributed by atoms with Gasteiger partial charge in [0.1, 0.15) is 0 Å². The molecule has 2 aromatic rings. The summed E-state index contributed by atoms with van der Waals surface area (Å²) in [6.45, 7) is 4.77. The first-order valence-corrected chi connectivity index (χ1v) is 7.76. The molecule has 0 saturated heterocycles. The molecule has 1 aliphatic rings. The summed E-state index contributed by atoms with van der Waals surface area (Å²) in [5.41, 5.74) is 0.321. The number of hydrogen-bond donors (Lipinski definition) is 2. The summed E-state index contributed by atoms with van der Waals surface area (Å²) < 4.78 is 0. The van der Waals surface area contributed by atoms with Gasteiger partial charge in [-0.15, -0.1) is 5.10 Å². The Balaban J connectivity index is 1.78. The minimum atomic E-state index is -0.611. The molecule has 112 valence electrons. The lowest BCUT2D eigenvalue weighted by molar-refractivity contribution is 0.00496. The van der Waals surface area contributed by atoms with Crippen molar-refractivity contribution in [2.24, 2.45) is 5.92 Å². The number of aryl methyl sites for hydroxylation is 1. The van der Waals surface area contributed by atoms with Gasteiger partial charge in [0.2, 0.25) is 0 Å². The molecule has 0 aliphatic heterocycles. The van der Waals surface area contributed by atoms with Crippen LogP contribution in [0.2, 0.25) is 0 Å². The number of aromatic nitrogens is 2. The Morgan fingerprint density at radius 1 is 1.19 bits per heavy atom. The minimum Gasteiger partial charge on any atom is -0.388 e. The van der Waals surface area contributed by atoms with Gasteiger partial charge in [0.15, 0.2) is 5.82 Å². The molecule has 0 unspecified atom stereocenters. The average molecular weight is 285 g/mol. The van der Waals surface area contributed by atoms with Crippen LogP contribution in [0.25, 0.3) is 10.8 Å². The Morgan fingerprint density at radius 2 is 1.86 bits per heavy atom. The molecule has 0 radical (unpaired) electrons. The van der Waals surface area contributed by atoms with Gasteiger partial charge in [0.25, 0.3) is 0 Å². The zero-order valence-electron chi connectivity index (χ0n) is 12.8. The molecule has 1 fully saturated rings. The Bertz CT molecular complexity index is 633. The molecular formula is C17H23N3O. The van der Waals surface area contributed by atoms with Gasteiger partial charge in [-0.3, -0.25) is 0 Å². The maximum atomic E-state index is 10.7. The van der Waals surface area contributed by atoms with Gasteiger partial charge >= 0.3 is 0 Å². The second kappa shape index (κ2) is 5.60. The molecule has 0 spiro atoms. The number of aliphatic hydroxyl groups is 1. The number of nitrogens with zero attached hydrogens (tertiary/aromatic N) is 2. The van der Waals surface area contributed by atoms with Crippen LogP contribution in [0, 0.1) is 12.8 Å². The fourth-order valence-electron chi connectivity index (χ4n) is 3.09. The van der Waals surface area contributed by atoms with Gasteiger partial charge in [0, 0.05) is 17.3 Å². The molecule has 1 heterocycles. The van der Waals surface area contributed by atoms with E-state index in [4.69, 9.17) is 0 Å². The van der Waals surface area contributed by atoms with Crippen LogP contribution in [0.3, 0.4) is 0 Å². The highest BCUT2D eigenvalue weighted by Crippen LogP contribution is 2.32. The maximum Gasteiger partial charge on any atom is 0.156 e. The first-order chi connectivity index (χ1) is 10.1. The molecule has 2 N–H and O–H groups in total. The number of anilines is 1. The van der Waals surface area contributed by atoms with Crippen molar-refractivity contribution in [3.63, 3.8) is 0 Å². The van der Waals surface area contributed by atoms with Crippen molar-refractivity contribution in [2.75, 3.05) is 11.9 Å². The van der Waals surface area contributed by atoms with Crippen LogP contribution in [0.15, 0.2) is 24.3 Å². The molecule has 1 aromatic carbocycles. The van der Waals surface area contributed by atoms with Crippen LogP contribution < -0.4 is 5.32 Å². The molecule has 3 rings (SSSR count). The lowest BCUT2D eigenvalue weighted by atomic mass is 9.79. The van der Waals surface area contributed by atoms with E-state index in [0.717, 1.165) is 53.9 Å². The summed E-state index contributed by atoms with van der Waals surface area (Å²) in [6, 6.07) is 8.12. The molecule has 0 bridgehead atoms. The number of hydrogen-bond acceptors (Lipinski definition) is 4. The quantitative estimate of drug-likeness (QED) is 0.908. The zero-order valence-corrected chi connectivity index (χ0v) is 12.8. The van der Waals surface area contributed by atoms with Crippen molar-refractivity contribution in [1.82, 2.24) is 10.2 Å². The van der Waals surface area contributed by atoms with Gasteiger partial charge in [-0.1, -0.05) is 31.2 Å². The molecule has 0 amide bonds. The van der Waals surface area contributed by atoms with Gasteiger partial charge in [-0.2, -0.15) is 5.10 Å². The van der Waals surface area contributed by atoms with E-state index in [2.05, 4.69) is 28.5 Å². The van der Waals surface area contributed by atoms with E-state index in [1.54, 1.807) is 0 Å². The molecule has 4 heteroatoms. The van der Waals surface area contributed by atoms with Crippen LogP contribution in [0.4, 0.5) is 5.82 Å². The highest BCUT2D eigenvalue weighted by molar-refractivity contribution is 5.92. The van der Waals surface area contributed by atoms with Crippen LogP contribution in [0.1, 0.15) is 38.3 Å². The first kappa shape index (κ1) is 14.3. The molecular weight excluding hydrogens is 262 g/mol. The van der Waals surface area contributed by atoms with Crippen LogP contribution in [0.5, 0.6) is 0 Å². The van der Waals surface area contributed by atoms with Gasteiger partial charge in [0.05, 0.1) is 11.3 Å². The van der Waals surface area contributed by atoms with Crippen molar-refractivity contribution < 1.29 is 5.11 Å². The van der Waals surface area contributed by atoms with E-state index in [-0.39, 0.29) is 0 Å². The van der Waals surface area contributed by atoms with Crippen LogP contribution >= 0.6 is 0 Å². The second-order valence-corrected chi connectivity index (χ2v) is 6.44. The molecule has 21 heavy (non-hydrogen) atoms. The Kier molecular flexibility index (Phi) is 3.81. The monoisotopic (exact) mass is 285 g/mol. The highest BCUT2D eigenvalue weighted by Gasteiger charge is 2.31. The number of benzene rings is 1. The number of nitrogens with one attached hydrogen (secondary N) is 1. The third kappa shape index (κ3) is 3.00. The summed E-state index contributed by atoms with van der Waals surface area (Å²) in [5, 5.41) is 24.6. The van der Waals surface area contributed by atoms with E-state index in [1.807, 2.05) is 25.1 Å². The summed E-state index contributed by atoms with van der Waals surface area (Å²) >= 11 is 0. The van der Waals surface area contributed by atoms with E-state index < -0.39 is 5.60 Å². The summed E-state index contributed by atoms with van der Waals surface area (Å²) in [4.78, 5) is 0. The van der Waals surface area contributed by atoms with Crippen LogP contribution in [-0.4, -0.2) is 27.4 Å². The predicted octanol–water partition coefficient (Wildman–Crippen LogP) is 3.29. The van der Waals surface area contributed by atoms with Crippen molar-refractivity contribution >= 4 is 16.6 Å². The molecule has 0 atom stereocenters. The topological polar surface area (TPSA) is 58.0 Å². The van der Waals surface area contributed by atoms with Crippen molar-refractivity contribution in [2.45, 2.75) is 45.1 Å².